The molecule has 0 amide bonds. The van der Waals surface area contributed by atoms with Crippen LogP contribution >= 0.6 is 0 Å². The Kier molecular flexibility index (Phi) is 6.93. The van der Waals surface area contributed by atoms with E-state index in [1.165, 1.54) is 10.4 Å². The zero-order chi connectivity index (χ0) is 22.9. The van der Waals surface area contributed by atoms with Crippen molar-refractivity contribution in [2.24, 2.45) is 0 Å². The Morgan fingerprint density at radius 3 is 1.28 bits per heavy atom. The summed E-state index contributed by atoms with van der Waals surface area (Å²) in [5.41, 5.74) is 9.71. The number of benzene rings is 4. The Morgan fingerprint density at radius 2 is 0.861 bits per heavy atom. The van der Waals surface area contributed by atoms with Crippen molar-refractivity contribution in [3.63, 3.8) is 0 Å². The fraction of sp³-hybridized carbons (Fsp3) is 0.125. The van der Waals surface area contributed by atoms with Crippen molar-refractivity contribution < 1.29 is 47.7 Å². The summed E-state index contributed by atoms with van der Waals surface area (Å²) < 4.78 is 1.36. The zero-order valence-electron chi connectivity index (χ0n) is 20.3. The van der Waals surface area contributed by atoms with Gasteiger partial charge in [-0.05, 0) is 0 Å². The molecule has 0 saturated heterocycles. The van der Waals surface area contributed by atoms with Crippen molar-refractivity contribution in [2.75, 3.05) is 0 Å². The second kappa shape index (κ2) is 9.72. The van der Waals surface area contributed by atoms with E-state index in [9.17, 15) is 0 Å². The van der Waals surface area contributed by atoms with E-state index in [4.69, 9.17) is 0 Å². The second-order valence-electron chi connectivity index (χ2n) is 9.81. The smallest absolute Gasteiger partial charge is 1.00 e. The molecule has 0 fully saturated rings. The van der Waals surface area contributed by atoms with Crippen LogP contribution in [0.5, 0.6) is 0 Å². The maximum Gasteiger partial charge on any atom is -1.00 e. The third-order valence-electron chi connectivity index (χ3n) is 8.23. The van der Waals surface area contributed by atoms with Gasteiger partial charge in [0.15, 0.2) is 0 Å². The number of rotatable bonds is 2. The Labute approximate surface area is 238 Å². The Bertz CT molecular complexity index is 1390. The van der Waals surface area contributed by atoms with E-state index in [-0.39, 0.29) is 24.8 Å². The largest absolute Gasteiger partial charge is 1.00 e. The summed E-state index contributed by atoms with van der Waals surface area (Å²) in [6, 6.07) is 41.9. The minimum Gasteiger partial charge on any atom is -1.00 e. The van der Waals surface area contributed by atoms with Gasteiger partial charge < -0.3 is 24.8 Å². The van der Waals surface area contributed by atoms with E-state index in [1.807, 2.05) is 0 Å². The summed E-state index contributed by atoms with van der Waals surface area (Å²) in [6.45, 7) is 4.98. The fourth-order valence-electron chi connectivity index (χ4n) is 6.97. The van der Waals surface area contributed by atoms with E-state index in [0.717, 1.165) is 0 Å². The van der Waals surface area contributed by atoms with Gasteiger partial charge in [0.25, 0.3) is 0 Å². The second-order valence-corrected chi connectivity index (χ2v) is 18.8. The van der Waals surface area contributed by atoms with Gasteiger partial charge >= 0.3 is 216 Å². The number of hydrogen-bond donors (Lipinski definition) is 0. The molecule has 2 unspecified atom stereocenters. The minimum atomic E-state index is -2.53. The van der Waals surface area contributed by atoms with Crippen LogP contribution in [0.15, 0.2) is 120 Å². The molecule has 4 aromatic carbocycles. The maximum absolute atomic E-state index is 2.53. The first kappa shape index (κ1) is 25.7. The number of allylic oxidation sites excluding steroid dienone is 2. The summed E-state index contributed by atoms with van der Waals surface area (Å²) >= 11 is -1.10. The van der Waals surface area contributed by atoms with Crippen LogP contribution in [-0.4, -0.2) is 8.07 Å². The summed E-state index contributed by atoms with van der Waals surface area (Å²) in [6.07, 6.45) is 0. The summed E-state index contributed by atoms with van der Waals surface area (Å²) in [7, 11) is -2.53. The van der Waals surface area contributed by atoms with Crippen LogP contribution < -0.4 is 35.2 Å². The molecule has 1 heterocycles. The predicted molar refractivity (Wildman–Crippen MR) is 141 cm³/mol. The fourth-order valence-corrected chi connectivity index (χ4v) is 21.0. The van der Waals surface area contributed by atoms with Gasteiger partial charge in [0, 0.05) is 0 Å². The molecule has 4 bridgehead atoms. The Balaban J connectivity index is 0.00000133. The van der Waals surface area contributed by atoms with Gasteiger partial charge in [-0.3, -0.25) is 0 Å². The molecule has 0 saturated carbocycles. The van der Waals surface area contributed by atoms with Gasteiger partial charge in [0.2, 0.25) is 0 Å². The SMILES string of the molecule is CC1=C2c3ccccc3[CH]1[Hf+2][CH]1C(C)=C(c3ccccc31)[Si]2(c1ccccc1)c1ccccc1.[Cl-].[Cl-]. The van der Waals surface area contributed by atoms with Gasteiger partial charge in [-0.25, -0.2) is 0 Å². The van der Waals surface area contributed by atoms with E-state index in [2.05, 4.69) is 123 Å². The number of fused-ring (bicyclic) bond motifs is 8. The quantitative estimate of drug-likeness (QED) is 0.270. The van der Waals surface area contributed by atoms with Crippen LogP contribution in [0, 0.1) is 0 Å². The van der Waals surface area contributed by atoms with E-state index in [1.54, 1.807) is 43.8 Å². The molecule has 4 heteroatoms. The summed E-state index contributed by atoms with van der Waals surface area (Å²) in [5.74, 6) is 0. The Morgan fingerprint density at radius 1 is 0.500 bits per heavy atom. The van der Waals surface area contributed by atoms with Crippen LogP contribution in [0.3, 0.4) is 0 Å². The summed E-state index contributed by atoms with van der Waals surface area (Å²) in [5, 5.41) is 6.40. The molecule has 2 aliphatic carbocycles. The van der Waals surface area contributed by atoms with Crippen molar-refractivity contribution in [3.05, 3.63) is 143 Å². The molecule has 2 atom stereocenters. The molecule has 0 N–H and O–H groups in total. The van der Waals surface area contributed by atoms with E-state index in [0.29, 0.717) is 7.35 Å². The maximum atomic E-state index is 2.49. The molecule has 1 aliphatic heterocycles. The molecule has 3 aliphatic rings. The predicted octanol–water partition coefficient (Wildman–Crippen LogP) is 0.489. The monoisotopic (exact) mass is 688 g/mol. The summed E-state index contributed by atoms with van der Waals surface area (Å²) in [4.78, 5) is 0. The molecule has 176 valence electrons. The molecule has 0 aromatic heterocycles. The number of halogens is 2. The average Bonchev–Trinajstić information content (AvgIpc) is 3.35. The molecule has 0 nitrogen and oxygen atoms in total. The zero-order valence-corrected chi connectivity index (χ0v) is 26.4. The Hall–Kier alpha value is -1.97. The van der Waals surface area contributed by atoms with E-state index < -0.39 is 31.0 Å². The van der Waals surface area contributed by atoms with Crippen molar-refractivity contribution in [1.82, 2.24) is 0 Å². The standard InChI is InChI=1S/C32H26Si.2ClH.Hf/c1-23-21-25-13-9-11-19-29(25)31(23)33(27-15-5-3-6-16-27,28-17-7-4-8-18-28)32-24(2)22-26-14-10-12-20-30(26)32;;;/h3-22H,1-2H3;2*1H;/q;;;+2/p-2. The van der Waals surface area contributed by atoms with Gasteiger partial charge in [-0.15, -0.1) is 0 Å². The normalized spacial score (nSPS) is 20.1. The van der Waals surface area contributed by atoms with Crippen LogP contribution in [-0.2, 0) is 22.9 Å². The average molecular weight is 688 g/mol. The first-order valence-corrected chi connectivity index (χ1v) is 18.4. The van der Waals surface area contributed by atoms with Crippen LogP contribution in [0.4, 0.5) is 0 Å². The number of hydrogen-bond acceptors (Lipinski definition) is 0. The molecule has 0 radical (unpaired) electrons. The van der Waals surface area contributed by atoms with Crippen LogP contribution in [0.2, 0.25) is 0 Å². The van der Waals surface area contributed by atoms with Crippen molar-refractivity contribution in [1.29, 1.82) is 0 Å². The van der Waals surface area contributed by atoms with Crippen molar-refractivity contribution >= 4 is 28.8 Å². The van der Waals surface area contributed by atoms with Crippen molar-refractivity contribution in [3.8, 4) is 0 Å². The third-order valence-corrected chi connectivity index (χ3v) is 21.2. The van der Waals surface area contributed by atoms with Gasteiger partial charge in [-0.1, -0.05) is 0 Å². The van der Waals surface area contributed by atoms with Gasteiger partial charge in [0.1, 0.15) is 0 Å². The first-order chi connectivity index (χ1) is 16.7. The van der Waals surface area contributed by atoms with Crippen molar-refractivity contribution in [2.45, 2.75) is 21.2 Å². The molecular weight excluding hydrogens is 662 g/mol. The van der Waals surface area contributed by atoms with Crippen LogP contribution in [0.25, 0.3) is 10.4 Å². The van der Waals surface area contributed by atoms with Gasteiger partial charge in [-0.2, -0.15) is 0 Å². The molecule has 7 rings (SSSR count). The third kappa shape index (κ3) is 3.34. The van der Waals surface area contributed by atoms with Gasteiger partial charge in [0.05, 0.1) is 0 Å². The molecule has 4 aromatic rings. The van der Waals surface area contributed by atoms with Crippen LogP contribution in [0.1, 0.15) is 43.5 Å². The first-order valence-electron chi connectivity index (χ1n) is 12.2. The molecule has 0 spiro atoms. The molecular formula is C32H26Cl2HfSi. The minimum absolute atomic E-state index is 0. The molecule has 36 heavy (non-hydrogen) atoms. The topological polar surface area (TPSA) is 0 Å². The van der Waals surface area contributed by atoms with E-state index >= 15 is 0 Å².